The predicted molar refractivity (Wildman–Crippen MR) is 121 cm³/mol. The summed E-state index contributed by atoms with van der Waals surface area (Å²) in [4.78, 5) is 18.9. The molecule has 0 aliphatic carbocycles. The molecule has 0 N–H and O–H groups in total. The molecule has 0 fully saturated rings. The zero-order chi connectivity index (χ0) is 21.1. The number of hydrogen-bond acceptors (Lipinski definition) is 3. The number of hydrogen-bond donors (Lipinski definition) is 0. The molecule has 7 heteroatoms. The summed E-state index contributed by atoms with van der Waals surface area (Å²) in [6.07, 6.45) is 0. The van der Waals surface area contributed by atoms with Crippen molar-refractivity contribution in [3.8, 4) is 0 Å². The highest BCUT2D eigenvalue weighted by molar-refractivity contribution is 7.99. The third kappa shape index (κ3) is 4.35. The number of benzene rings is 3. The van der Waals surface area contributed by atoms with E-state index < -0.39 is 0 Å². The fourth-order valence-electron chi connectivity index (χ4n) is 3.15. The molecule has 0 aliphatic heterocycles. The Bertz CT molecular complexity index is 1190. The Balaban J connectivity index is 1.57. The number of nitrogens with zero attached hydrogens (tertiary/aromatic N) is 3. The van der Waals surface area contributed by atoms with Crippen LogP contribution >= 0.6 is 23.4 Å². The van der Waals surface area contributed by atoms with Gasteiger partial charge >= 0.3 is 0 Å². The van der Waals surface area contributed by atoms with Gasteiger partial charge in [-0.3, -0.25) is 4.79 Å². The van der Waals surface area contributed by atoms with E-state index in [1.54, 1.807) is 19.2 Å². The summed E-state index contributed by atoms with van der Waals surface area (Å²) in [5.74, 6) is -0.218. The number of aromatic nitrogens is 2. The standard InChI is InChI=1S/C23H19ClFN3OS/c1-27(18-12-10-17(25)11-13-18)22(29)15-30-23-26-20-8-4-5-9-21(20)28(23)14-16-6-2-3-7-19(16)24/h2-13H,14-15H2,1H3. The number of thioether (sulfide) groups is 1. The summed E-state index contributed by atoms with van der Waals surface area (Å²) in [6, 6.07) is 21.4. The van der Waals surface area contributed by atoms with Crippen LogP contribution in [-0.2, 0) is 11.3 Å². The van der Waals surface area contributed by atoms with Gasteiger partial charge in [-0.05, 0) is 48.0 Å². The summed E-state index contributed by atoms with van der Waals surface area (Å²) in [5.41, 5.74) is 3.48. The maximum absolute atomic E-state index is 13.1. The summed E-state index contributed by atoms with van der Waals surface area (Å²) < 4.78 is 15.2. The molecule has 4 aromatic rings. The van der Waals surface area contributed by atoms with Crippen LogP contribution < -0.4 is 4.90 Å². The molecule has 3 aromatic carbocycles. The van der Waals surface area contributed by atoms with Crippen molar-refractivity contribution in [2.45, 2.75) is 11.7 Å². The van der Waals surface area contributed by atoms with Crippen molar-refractivity contribution >= 4 is 46.0 Å². The van der Waals surface area contributed by atoms with Gasteiger partial charge in [-0.2, -0.15) is 0 Å². The van der Waals surface area contributed by atoms with Gasteiger partial charge < -0.3 is 9.47 Å². The zero-order valence-electron chi connectivity index (χ0n) is 16.3. The Kier molecular flexibility index (Phi) is 6.06. The van der Waals surface area contributed by atoms with Gasteiger partial charge in [0.2, 0.25) is 5.91 Å². The third-order valence-corrected chi connectivity index (χ3v) is 6.15. The second-order valence-electron chi connectivity index (χ2n) is 6.78. The number of anilines is 1. The van der Waals surface area contributed by atoms with Gasteiger partial charge in [0.1, 0.15) is 5.82 Å². The normalized spacial score (nSPS) is 11.0. The molecule has 0 atom stereocenters. The average molecular weight is 440 g/mol. The van der Waals surface area contributed by atoms with Crippen molar-refractivity contribution in [3.63, 3.8) is 0 Å². The molecule has 0 saturated heterocycles. The molecule has 1 heterocycles. The SMILES string of the molecule is CN(C(=O)CSc1nc2ccccc2n1Cc1ccccc1Cl)c1ccc(F)cc1. The summed E-state index contributed by atoms with van der Waals surface area (Å²) in [5, 5.41) is 1.44. The number of carbonyl (C=O) groups is 1. The van der Waals surface area contributed by atoms with Crippen LogP contribution in [0.15, 0.2) is 78.0 Å². The fourth-order valence-corrected chi connectivity index (χ4v) is 4.27. The van der Waals surface area contributed by atoms with Crippen LogP contribution in [0.2, 0.25) is 5.02 Å². The van der Waals surface area contributed by atoms with Crippen molar-refractivity contribution in [2.75, 3.05) is 17.7 Å². The first-order valence-electron chi connectivity index (χ1n) is 9.36. The lowest BCUT2D eigenvalue weighted by molar-refractivity contribution is -0.115. The molecular weight excluding hydrogens is 421 g/mol. The lowest BCUT2D eigenvalue weighted by Gasteiger charge is -2.17. The quantitative estimate of drug-likeness (QED) is 0.365. The van der Waals surface area contributed by atoms with Crippen molar-refractivity contribution in [3.05, 3.63) is 89.2 Å². The lowest BCUT2D eigenvalue weighted by atomic mass is 10.2. The van der Waals surface area contributed by atoms with E-state index in [4.69, 9.17) is 16.6 Å². The molecule has 0 spiro atoms. The first kappa shape index (κ1) is 20.4. The molecule has 1 aromatic heterocycles. The molecular formula is C23H19ClFN3OS. The minimum Gasteiger partial charge on any atom is -0.315 e. The van der Waals surface area contributed by atoms with Crippen LogP contribution in [-0.4, -0.2) is 28.3 Å². The van der Waals surface area contributed by atoms with Crippen LogP contribution in [0.4, 0.5) is 10.1 Å². The molecule has 1 amide bonds. The highest BCUT2D eigenvalue weighted by Gasteiger charge is 2.17. The van der Waals surface area contributed by atoms with Gasteiger partial charge in [0, 0.05) is 17.8 Å². The molecule has 0 saturated carbocycles. The van der Waals surface area contributed by atoms with Gasteiger partial charge in [0.05, 0.1) is 23.3 Å². The van der Waals surface area contributed by atoms with Crippen LogP contribution in [0.25, 0.3) is 11.0 Å². The number of para-hydroxylation sites is 2. The lowest BCUT2D eigenvalue weighted by Crippen LogP contribution is -2.28. The van der Waals surface area contributed by atoms with Gasteiger partial charge in [0.15, 0.2) is 5.16 Å². The number of carbonyl (C=O) groups excluding carboxylic acids is 1. The minimum atomic E-state index is -0.331. The number of rotatable bonds is 6. The minimum absolute atomic E-state index is 0.0945. The van der Waals surface area contributed by atoms with E-state index in [1.807, 2.05) is 48.5 Å². The van der Waals surface area contributed by atoms with E-state index in [0.29, 0.717) is 17.3 Å². The summed E-state index contributed by atoms with van der Waals surface area (Å²) >= 11 is 7.74. The zero-order valence-corrected chi connectivity index (χ0v) is 17.8. The van der Waals surface area contributed by atoms with Crippen molar-refractivity contribution in [2.24, 2.45) is 0 Å². The van der Waals surface area contributed by atoms with Crippen molar-refractivity contribution in [1.82, 2.24) is 9.55 Å². The molecule has 152 valence electrons. The molecule has 0 radical (unpaired) electrons. The number of amides is 1. The van der Waals surface area contributed by atoms with Gasteiger partial charge in [-0.25, -0.2) is 9.37 Å². The van der Waals surface area contributed by atoms with E-state index in [9.17, 15) is 9.18 Å². The van der Waals surface area contributed by atoms with E-state index in [2.05, 4.69) is 4.57 Å². The fraction of sp³-hybridized carbons (Fsp3) is 0.130. The largest absolute Gasteiger partial charge is 0.315 e. The molecule has 4 rings (SSSR count). The number of imidazole rings is 1. The summed E-state index contributed by atoms with van der Waals surface area (Å²) in [7, 11) is 1.68. The Hall–Kier alpha value is -2.83. The Morgan fingerprint density at radius 2 is 1.77 bits per heavy atom. The number of fused-ring (bicyclic) bond motifs is 1. The number of halogens is 2. The highest BCUT2D eigenvalue weighted by Crippen LogP contribution is 2.27. The smallest absolute Gasteiger partial charge is 0.237 e. The second kappa shape index (κ2) is 8.90. The van der Waals surface area contributed by atoms with Crippen LogP contribution in [0.3, 0.4) is 0 Å². The first-order chi connectivity index (χ1) is 14.5. The monoisotopic (exact) mass is 439 g/mol. The Morgan fingerprint density at radius 1 is 1.07 bits per heavy atom. The molecule has 30 heavy (non-hydrogen) atoms. The Labute approximate surface area is 183 Å². The maximum atomic E-state index is 13.1. The maximum Gasteiger partial charge on any atom is 0.237 e. The van der Waals surface area contributed by atoms with Crippen molar-refractivity contribution in [1.29, 1.82) is 0 Å². The highest BCUT2D eigenvalue weighted by atomic mass is 35.5. The first-order valence-corrected chi connectivity index (χ1v) is 10.7. The van der Waals surface area contributed by atoms with E-state index in [1.165, 1.54) is 28.8 Å². The predicted octanol–water partition coefficient (Wildman–Crippen LogP) is 5.63. The van der Waals surface area contributed by atoms with E-state index in [-0.39, 0.29) is 17.5 Å². The molecule has 0 unspecified atom stereocenters. The van der Waals surface area contributed by atoms with E-state index >= 15 is 0 Å². The van der Waals surface area contributed by atoms with Gasteiger partial charge in [-0.1, -0.05) is 53.7 Å². The van der Waals surface area contributed by atoms with E-state index in [0.717, 1.165) is 21.8 Å². The third-order valence-electron chi connectivity index (χ3n) is 4.82. The second-order valence-corrected chi connectivity index (χ2v) is 8.13. The average Bonchev–Trinajstić information content (AvgIpc) is 3.11. The van der Waals surface area contributed by atoms with Gasteiger partial charge in [-0.15, -0.1) is 0 Å². The topological polar surface area (TPSA) is 38.1 Å². The molecule has 0 aliphatic rings. The Morgan fingerprint density at radius 3 is 2.53 bits per heavy atom. The van der Waals surface area contributed by atoms with Gasteiger partial charge in [0.25, 0.3) is 0 Å². The molecule has 4 nitrogen and oxygen atoms in total. The van der Waals surface area contributed by atoms with Crippen LogP contribution in [0.1, 0.15) is 5.56 Å². The van der Waals surface area contributed by atoms with Crippen LogP contribution in [0, 0.1) is 5.82 Å². The van der Waals surface area contributed by atoms with Crippen molar-refractivity contribution < 1.29 is 9.18 Å². The summed E-state index contributed by atoms with van der Waals surface area (Å²) in [6.45, 7) is 0.560. The molecule has 0 bridgehead atoms. The van der Waals surface area contributed by atoms with Crippen LogP contribution in [0.5, 0.6) is 0 Å².